The Morgan fingerprint density at radius 3 is 2.38 bits per heavy atom. The quantitative estimate of drug-likeness (QED) is 0.630. The van der Waals surface area contributed by atoms with E-state index in [9.17, 15) is 13.2 Å². The summed E-state index contributed by atoms with van der Waals surface area (Å²) in [6, 6.07) is 10.2. The standard InChI is InChI=1S/C14H10Cl2O4S/c1-21(18,19)13-5-3-2-4-10(13)14(17)20-12-7-6-9(15)8-11(12)16/h2-8H,1H3. The van der Waals surface area contributed by atoms with Crippen molar-refractivity contribution in [2.45, 2.75) is 4.90 Å². The topological polar surface area (TPSA) is 60.4 Å². The van der Waals surface area contributed by atoms with E-state index in [1.54, 1.807) is 6.07 Å². The van der Waals surface area contributed by atoms with E-state index in [1.165, 1.54) is 36.4 Å². The molecular formula is C14H10Cl2O4S. The van der Waals surface area contributed by atoms with Gasteiger partial charge in [0.2, 0.25) is 0 Å². The number of carbonyl (C=O) groups excluding carboxylic acids is 1. The Bertz CT molecular complexity index is 800. The van der Waals surface area contributed by atoms with Gasteiger partial charge in [0, 0.05) is 11.3 Å². The van der Waals surface area contributed by atoms with Gasteiger partial charge in [-0.2, -0.15) is 0 Å². The summed E-state index contributed by atoms with van der Waals surface area (Å²) in [6.45, 7) is 0. The van der Waals surface area contributed by atoms with E-state index >= 15 is 0 Å². The lowest BCUT2D eigenvalue weighted by Gasteiger charge is -2.09. The van der Waals surface area contributed by atoms with E-state index in [0.717, 1.165) is 6.26 Å². The summed E-state index contributed by atoms with van der Waals surface area (Å²) in [5, 5.41) is 0.559. The van der Waals surface area contributed by atoms with Crippen LogP contribution in [0.2, 0.25) is 10.0 Å². The van der Waals surface area contributed by atoms with Gasteiger partial charge in [-0.25, -0.2) is 13.2 Å². The average molecular weight is 345 g/mol. The van der Waals surface area contributed by atoms with Gasteiger partial charge in [0.15, 0.2) is 9.84 Å². The third-order valence-corrected chi connectivity index (χ3v) is 4.29. The van der Waals surface area contributed by atoms with E-state index in [0.29, 0.717) is 5.02 Å². The van der Waals surface area contributed by atoms with Crippen LogP contribution in [0, 0.1) is 0 Å². The van der Waals surface area contributed by atoms with Gasteiger partial charge in [0.05, 0.1) is 15.5 Å². The van der Waals surface area contributed by atoms with Gasteiger partial charge >= 0.3 is 5.97 Å². The van der Waals surface area contributed by atoms with Crippen LogP contribution in [0.3, 0.4) is 0 Å². The largest absolute Gasteiger partial charge is 0.421 e. The van der Waals surface area contributed by atoms with Crippen LogP contribution < -0.4 is 4.74 Å². The SMILES string of the molecule is CS(=O)(=O)c1ccccc1C(=O)Oc1ccc(Cl)cc1Cl. The molecule has 21 heavy (non-hydrogen) atoms. The minimum absolute atomic E-state index is 0.0500. The highest BCUT2D eigenvalue weighted by Crippen LogP contribution is 2.28. The molecule has 2 rings (SSSR count). The fraction of sp³-hybridized carbons (Fsp3) is 0.0714. The number of benzene rings is 2. The summed E-state index contributed by atoms with van der Waals surface area (Å²) in [6.07, 6.45) is 1.02. The van der Waals surface area contributed by atoms with Crippen LogP contribution in [0.5, 0.6) is 5.75 Å². The first-order chi connectivity index (χ1) is 9.79. The van der Waals surface area contributed by atoms with Crippen molar-refractivity contribution in [1.82, 2.24) is 0 Å². The number of ether oxygens (including phenoxy) is 1. The summed E-state index contributed by atoms with van der Waals surface area (Å²) in [5.74, 6) is -0.699. The molecule has 7 heteroatoms. The van der Waals surface area contributed by atoms with Gasteiger partial charge in [-0.1, -0.05) is 35.3 Å². The average Bonchev–Trinajstić information content (AvgIpc) is 2.41. The van der Waals surface area contributed by atoms with Crippen molar-refractivity contribution < 1.29 is 17.9 Å². The minimum atomic E-state index is -3.54. The zero-order chi connectivity index (χ0) is 15.6. The van der Waals surface area contributed by atoms with Crippen LogP contribution in [-0.4, -0.2) is 20.6 Å². The molecule has 0 spiro atoms. The lowest BCUT2D eigenvalue weighted by Crippen LogP contribution is -2.13. The van der Waals surface area contributed by atoms with Gasteiger partial charge in [-0.15, -0.1) is 0 Å². The number of hydrogen-bond donors (Lipinski definition) is 0. The molecule has 0 unspecified atom stereocenters. The first-order valence-electron chi connectivity index (χ1n) is 5.75. The first-order valence-corrected chi connectivity index (χ1v) is 8.40. The number of rotatable bonds is 3. The smallest absolute Gasteiger partial charge is 0.344 e. The lowest BCUT2D eigenvalue weighted by atomic mass is 10.2. The van der Waals surface area contributed by atoms with E-state index in [1.807, 2.05) is 0 Å². The minimum Gasteiger partial charge on any atom is -0.421 e. The van der Waals surface area contributed by atoms with Crippen LogP contribution in [0.25, 0.3) is 0 Å². The summed E-state index contributed by atoms with van der Waals surface area (Å²) < 4.78 is 28.5. The second-order valence-electron chi connectivity index (χ2n) is 4.23. The monoisotopic (exact) mass is 344 g/mol. The predicted molar refractivity (Wildman–Crippen MR) is 81.0 cm³/mol. The number of carbonyl (C=O) groups is 1. The highest BCUT2D eigenvalue weighted by atomic mass is 35.5. The van der Waals surface area contributed by atoms with Crippen molar-refractivity contribution in [3.63, 3.8) is 0 Å². The zero-order valence-electron chi connectivity index (χ0n) is 10.8. The van der Waals surface area contributed by atoms with Gasteiger partial charge < -0.3 is 4.74 Å². The molecule has 0 aliphatic heterocycles. The fourth-order valence-electron chi connectivity index (χ4n) is 1.67. The molecule has 0 radical (unpaired) electrons. The van der Waals surface area contributed by atoms with Crippen molar-refractivity contribution in [2.75, 3.05) is 6.26 Å². The maximum atomic E-state index is 12.1. The molecule has 0 saturated carbocycles. The highest BCUT2D eigenvalue weighted by molar-refractivity contribution is 7.90. The van der Waals surface area contributed by atoms with Crippen molar-refractivity contribution in [2.24, 2.45) is 0 Å². The Hall–Kier alpha value is -1.56. The van der Waals surface area contributed by atoms with Gasteiger partial charge in [0.1, 0.15) is 5.75 Å². The van der Waals surface area contributed by atoms with Crippen LogP contribution in [0.4, 0.5) is 0 Å². The maximum Gasteiger partial charge on any atom is 0.344 e. The molecule has 0 N–H and O–H groups in total. The molecule has 4 nitrogen and oxygen atoms in total. The predicted octanol–water partition coefficient (Wildman–Crippen LogP) is 3.62. The van der Waals surface area contributed by atoms with Crippen molar-refractivity contribution in [3.8, 4) is 5.75 Å². The normalized spacial score (nSPS) is 11.2. The Kier molecular flexibility index (Phi) is 4.56. The van der Waals surface area contributed by atoms with Gasteiger partial charge in [-0.3, -0.25) is 0 Å². The van der Waals surface area contributed by atoms with Gasteiger partial charge in [-0.05, 0) is 30.3 Å². The third kappa shape index (κ3) is 3.75. The molecule has 0 aliphatic carbocycles. The summed E-state index contributed by atoms with van der Waals surface area (Å²) >= 11 is 11.7. The van der Waals surface area contributed by atoms with Crippen LogP contribution >= 0.6 is 23.2 Å². The van der Waals surface area contributed by atoms with E-state index < -0.39 is 15.8 Å². The summed E-state index contributed by atoms with van der Waals surface area (Å²) in [4.78, 5) is 12.0. The van der Waals surface area contributed by atoms with Crippen LogP contribution in [-0.2, 0) is 9.84 Å². The first kappa shape index (κ1) is 15.8. The van der Waals surface area contributed by atoms with Crippen LogP contribution in [0.15, 0.2) is 47.4 Å². The summed E-state index contributed by atoms with van der Waals surface area (Å²) in [7, 11) is -3.54. The van der Waals surface area contributed by atoms with Crippen LogP contribution in [0.1, 0.15) is 10.4 Å². The third-order valence-electron chi connectivity index (χ3n) is 2.60. The molecule has 0 aromatic heterocycles. The van der Waals surface area contributed by atoms with Crippen molar-refractivity contribution >= 4 is 39.0 Å². The second kappa shape index (κ2) is 6.05. The maximum absolute atomic E-state index is 12.1. The molecule has 0 saturated heterocycles. The van der Waals surface area contributed by atoms with Gasteiger partial charge in [0.25, 0.3) is 0 Å². The second-order valence-corrected chi connectivity index (χ2v) is 7.06. The number of sulfone groups is 1. The molecule has 0 aliphatic rings. The number of halogens is 2. The number of esters is 1. The summed E-state index contributed by atoms with van der Waals surface area (Å²) in [5.41, 5.74) is -0.0500. The Balaban J connectivity index is 2.38. The molecule has 0 bridgehead atoms. The molecule has 2 aromatic rings. The molecule has 0 fully saturated rings. The Morgan fingerprint density at radius 1 is 1.10 bits per heavy atom. The molecular weight excluding hydrogens is 335 g/mol. The fourth-order valence-corrected chi connectivity index (χ4v) is 3.00. The highest BCUT2D eigenvalue weighted by Gasteiger charge is 2.20. The Morgan fingerprint density at radius 2 is 1.76 bits per heavy atom. The molecule has 2 aromatic carbocycles. The molecule has 0 atom stereocenters. The van der Waals surface area contributed by atoms with Crippen molar-refractivity contribution in [3.05, 3.63) is 58.1 Å². The van der Waals surface area contributed by atoms with E-state index in [4.69, 9.17) is 27.9 Å². The number of hydrogen-bond acceptors (Lipinski definition) is 4. The molecule has 0 amide bonds. The lowest BCUT2D eigenvalue weighted by molar-refractivity contribution is 0.0731. The zero-order valence-corrected chi connectivity index (χ0v) is 13.2. The molecule has 110 valence electrons. The Labute approximate surface area is 132 Å². The van der Waals surface area contributed by atoms with E-state index in [2.05, 4.69) is 0 Å². The molecule has 0 heterocycles. The van der Waals surface area contributed by atoms with Crippen molar-refractivity contribution in [1.29, 1.82) is 0 Å². The van der Waals surface area contributed by atoms with E-state index in [-0.39, 0.29) is 21.2 Å².